The van der Waals surface area contributed by atoms with Gasteiger partial charge in [0.25, 0.3) is 0 Å². The number of hydrogen-bond acceptors (Lipinski definition) is 10. The second kappa shape index (κ2) is 15.1. The monoisotopic (exact) mass is 624 g/mol. The molecule has 0 aromatic heterocycles. The van der Waals surface area contributed by atoms with Gasteiger partial charge in [-0.3, -0.25) is 19.2 Å². The van der Waals surface area contributed by atoms with Crippen molar-refractivity contribution >= 4 is 32.0 Å². The van der Waals surface area contributed by atoms with Gasteiger partial charge in [0.15, 0.2) is 18.3 Å². The van der Waals surface area contributed by atoms with Crippen molar-refractivity contribution in [1.82, 2.24) is 0 Å². The van der Waals surface area contributed by atoms with Crippen LogP contribution in [0.25, 0.3) is 0 Å². The van der Waals surface area contributed by atoms with Gasteiger partial charge in [0.2, 0.25) is 0 Å². The van der Waals surface area contributed by atoms with Crippen molar-refractivity contribution in [3.8, 4) is 11.5 Å². The molecule has 11 heteroatoms. The van der Waals surface area contributed by atoms with Crippen LogP contribution in [0, 0.1) is 11.5 Å². The van der Waals surface area contributed by atoms with Gasteiger partial charge >= 0.3 is 23.9 Å². The number of carbonyl (C=O) groups is 4. The predicted octanol–water partition coefficient (Wildman–Crippen LogP) is 3.80. The molecule has 1 fully saturated rings. The topological polar surface area (TPSA) is 135 Å². The van der Waals surface area contributed by atoms with Gasteiger partial charge in [-0.05, 0) is 40.8 Å². The van der Waals surface area contributed by atoms with Gasteiger partial charge in [-0.2, -0.15) is 0 Å². The summed E-state index contributed by atoms with van der Waals surface area (Å²) in [6, 6.07) is 13.4. The van der Waals surface area contributed by atoms with Crippen molar-refractivity contribution in [2.45, 2.75) is 90.9 Å². The van der Waals surface area contributed by atoms with Crippen molar-refractivity contribution in [3.05, 3.63) is 70.3 Å². The Morgan fingerprint density at radius 2 is 1.36 bits per heavy atom. The summed E-state index contributed by atoms with van der Waals surface area (Å²) in [6.45, 7) is 10.6. The van der Waals surface area contributed by atoms with Crippen LogP contribution in [0.15, 0.2) is 42.5 Å². The second-order valence-corrected chi connectivity index (χ2v) is 16.4. The van der Waals surface area contributed by atoms with Crippen molar-refractivity contribution in [2.24, 2.45) is 0 Å². The van der Waals surface area contributed by atoms with E-state index < -0.39 is 62.5 Å². The van der Waals surface area contributed by atoms with Gasteiger partial charge in [0.05, 0.1) is 6.61 Å². The van der Waals surface area contributed by atoms with Crippen molar-refractivity contribution in [1.29, 1.82) is 0 Å². The van der Waals surface area contributed by atoms with Crippen molar-refractivity contribution < 1.29 is 48.0 Å². The average Bonchev–Trinajstić information content (AvgIpc) is 2.92. The smallest absolute Gasteiger partial charge is 0.303 e. The molecule has 0 spiro atoms. The van der Waals surface area contributed by atoms with E-state index >= 15 is 0 Å². The minimum absolute atomic E-state index is 0.338. The highest BCUT2D eigenvalue weighted by Crippen LogP contribution is 2.39. The third-order valence-corrected chi connectivity index (χ3v) is 7.50. The molecule has 1 N–H and O–H groups in total. The van der Waals surface area contributed by atoms with E-state index in [9.17, 15) is 24.3 Å². The van der Waals surface area contributed by atoms with E-state index in [0.29, 0.717) is 17.5 Å². The standard InChI is InChI=1S/C33H40O10Si/c1-20(35)39-19-29-31(40-21(2)36)33(42-23(4)38)32(41-22(3)37)30(43-29)28-17-26(12-13-27(28)18-34)16-25-10-8-24(9-11-25)14-15-44(5,6)7/h8-13,17,29-34H,16,18-19H2,1-7H3/t29-,30+,31-,32+,33+/m1/s1. The molecule has 0 bridgehead atoms. The first-order chi connectivity index (χ1) is 20.7. The Morgan fingerprint density at radius 3 is 1.91 bits per heavy atom. The van der Waals surface area contributed by atoms with E-state index in [0.717, 1.165) is 16.7 Å². The highest BCUT2D eigenvalue weighted by molar-refractivity contribution is 6.83. The number of ether oxygens (including phenoxy) is 5. The van der Waals surface area contributed by atoms with Crippen LogP contribution in [0.5, 0.6) is 0 Å². The third kappa shape index (κ3) is 10.0. The van der Waals surface area contributed by atoms with Crippen molar-refractivity contribution in [3.63, 3.8) is 0 Å². The summed E-state index contributed by atoms with van der Waals surface area (Å²) >= 11 is 0. The Bertz CT molecular complexity index is 1420. The SMILES string of the molecule is CC(=O)OC[C@H]1O[C@@H](c2cc(Cc3ccc(C#C[Si](C)(C)C)cc3)ccc2CO)[C@H](OC(C)=O)[C@@H](OC(C)=O)[C@@H]1OC(C)=O. The van der Waals surface area contributed by atoms with Gasteiger partial charge in [0.1, 0.15) is 26.9 Å². The zero-order valence-corrected chi connectivity index (χ0v) is 27.2. The maximum atomic E-state index is 12.3. The molecule has 3 rings (SSSR count). The van der Waals surface area contributed by atoms with Crippen molar-refractivity contribution in [2.75, 3.05) is 6.61 Å². The number of aliphatic hydroxyl groups is 1. The molecule has 10 nitrogen and oxygen atoms in total. The molecule has 44 heavy (non-hydrogen) atoms. The zero-order valence-electron chi connectivity index (χ0n) is 26.2. The summed E-state index contributed by atoms with van der Waals surface area (Å²) in [5, 5.41) is 10.3. The van der Waals surface area contributed by atoms with Crippen LogP contribution in [-0.4, -0.2) is 68.1 Å². The zero-order chi connectivity index (χ0) is 32.6. The highest BCUT2D eigenvalue weighted by Gasteiger charge is 2.53. The van der Waals surface area contributed by atoms with Gasteiger partial charge < -0.3 is 28.8 Å². The van der Waals surface area contributed by atoms with Gasteiger partial charge in [-0.15, -0.1) is 5.54 Å². The van der Waals surface area contributed by atoms with Crippen LogP contribution >= 0.6 is 0 Å². The average molecular weight is 625 g/mol. The fraction of sp³-hybridized carbons (Fsp3) is 0.455. The quantitative estimate of drug-likeness (QED) is 0.190. The molecule has 0 unspecified atom stereocenters. The molecule has 2 aromatic rings. The van der Waals surface area contributed by atoms with Crippen LogP contribution in [0.1, 0.15) is 61.6 Å². The molecule has 1 aliphatic rings. The number of aliphatic hydroxyl groups excluding tert-OH is 1. The maximum Gasteiger partial charge on any atom is 0.303 e. The molecule has 1 heterocycles. The molecule has 0 saturated carbocycles. The van der Waals surface area contributed by atoms with E-state index in [1.54, 1.807) is 6.07 Å². The maximum absolute atomic E-state index is 12.3. The molecule has 0 radical (unpaired) electrons. The highest BCUT2D eigenvalue weighted by atomic mass is 28.3. The minimum Gasteiger partial charge on any atom is -0.463 e. The van der Waals surface area contributed by atoms with E-state index in [1.807, 2.05) is 36.4 Å². The Balaban J connectivity index is 2.06. The molecule has 0 amide bonds. The molecule has 0 aliphatic carbocycles. The van der Waals surface area contributed by atoms with Gasteiger partial charge in [-0.25, -0.2) is 0 Å². The Morgan fingerprint density at radius 1 is 0.795 bits per heavy atom. The fourth-order valence-electron chi connectivity index (χ4n) is 4.84. The molecule has 236 valence electrons. The summed E-state index contributed by atoms with van der Waals surface area (Å²) in [5.74, 6) is 0.521. The van der Waals surface area contributed by atoms with Crippen LogP contribution in [0.3, 0.4) is 0 Å². The lowest BCUT2D eigenvalue weighted by atomic mass is 9.87. The molecule has 2 aromatic carbocycles. The van der Waals surface area contributed by atoms with E-state index in [1.165, 1.54) is 27.7 Å². The molecule has 1 saturated heterocycles. The largest absolute Gasteiger partial charge is 0.463 e. The minimum atomic E-state index is -1.51. The Labute approximate surface area is 259 Å². The molecule has 1 aliphatic heterocycles. The summed E-state index contributed by atoms with van der Waals surface area (Å²) in [5.41, 5.74) is 7.13. The summed E-state index contributed by atoms with van der Waals surface area (Å²) in [6.07, 6.45) is -5.48. The van der Waals surface area contributed by atoms with Gasteiger partial charge in [0, 0.05) is 33.3 Å². The summed E-state index contributed by atoms with van der Waals surface area (Å²) < 4.78 is 28.2. The van der Waals surface area contributed by atoms with Crippen LogP contribution in [0.4, 0.5) is 0 Å². The summed E-state index contributed by atoms with van der Waals surface area (Å²) in [7, 11) is -1.51. The van der Waals surface area contributed by atoms with Crippen LogP contribution in [-0.2, 0) is 55.9 Å². The second-order valence-electron chi connectivity index (χ2n) is 11.7. The summed E-state index contributed by atoms with van der Waals surface area (Å²) in [4.78, 5) is 48.2. The number of esters is 4. The third-order valence-electron chi connectivity index (χ3n) is 6.62. The number of rotatable bonds is 9. The number of carbonyl (C=O) groups excluding carboxylic acids is 4. The predicted molar refractivity (Wildman–Crippen MR) is 163 cm³/mol. The molecular weight excluding hydrogens is 584 g/mol. The van der Waals surface area contributed by atoms with E-state index in [-0.39, 0.29) is 13.2 Å². The molecular formula is C33H40O10Si. The first-order valence-electron chi connectivity index (χ1n) is 14.3. The van der Waals surface area contributed by atoms with E-state index in [4.69, 9.17) is 23.7 Å². The van der Waals surface area contributed by atoms with E-state index in [2.05, 4.69) is 31.1 Å². The first-order valence-corrected chi connectivity index (χ1v) is 17.8. The molecule has 5 atom stereocenters. The number of benzene rings is 2. The lowest BCUT2D eigenvalue weighted by Crippen LogP contribution is -2.59. The van der Waals surface area contributed by atoms with Crippen LogP contribution in [0.2, 0.25) is 19.6 Å². The first kappa shape index (κ1) is 34.5. The lowest BCUT2D eigenvalue weighted by Gasteiger charge is -2.45. The number of hydrogen-bond donors (Lipinski definition) is 1. The lowest BCUT2D eigenvalue weighted by molar-refractivity contribution is -0.254. The van der Waals surface area contributed by atoms with Gasteiger partial charge in [-0.1, -0.05) is 55.9 Å². The Kier molecular flexibility index (Phi) is 11.9. The Hall–Kier alpha value is -3.98. The normalized spacial score (nSPS) is 21.3. The fourth-order valence-corrected chi connectivity index (χ4v) is 5.36. The van der Waals surface area contributed by atoms with Crippen LogP contribution < -0.4 is 0 Å².